The van der Waals surface area contributed by atoms with Gasteiger partial charge in [-0.05, 0) is 13.0 Å². The highest BCUT2D eigenvalue weighted by Crippen LogP contribution is 2.25. The van der Waals surface area contributed by atoms with E-state index in [9.17, 15) is 0 Å². The molecular weight excluding hydrogens is 198 g/mol. The Hall–Kier alpha value is -1.36. The van der Waals surface area contributed by atoms with Gasteiger partial charge in [0.2, 0.25) is 5.88 Å². The molecule has 2 rings (SSSR count). The van der Waals surface area contributed by atoms with Crippen molar-refractivity contribution in [1.29, 1.82) is 0 Å². The van der Waals surface area contributed by atoms with Crippen molar-refractivity contribution in [2.45, 2.75) is 6.92 Å². The normalized spacial score (nSPS) is 10.4. The minimum atomic E-state index is 0.635. The minimum absolute atomic E-state index is 0.635. The number of fused-ring (bicyclic) bond motifs is 1. The maximum atomic E-state index is 5.30. The maximum Gasteiger partial charge on any atom is 0.214 e. The molecule has 4 nitrogen and oxygen atoms in total. The number of anilines is 1. The molecule has 0 saturated carbocycles. The summed E-state index contributed by atoms with van der Waals surface area (Å²) in [5, 5.41) is 3.87. The lowest BCUT2D eigenvalue weighted by atomic mass is 10.4. The molecule has 0 aliphatic rings. The first kappa shape index (κ1) is 9.21. The second-order valence-electron chi connectivity index (χ2n) is 2.68. The average molecular weight is 209 g/mol. The van der Waals surface area contributed by atoms with E-state index < -0.39 is 0 Å². The zero-order valence-corrected chi connectivity index (χ0v) is 8.89. The molecule has 2 aromatic rings. The number of hydrogen-bond acceptors (Lipinski definition) is 5. The van der Waals surface area contributed by atoms with Crippen molar-refractivity contribution in [1.82, 2.24) is 9.97 Å². The third-order valence-corrected chi connectivity index (χ3v) is 2.72. The van der Waals surface area contributed by atoms with Crippen molar-refractivity contribution in [2.24, 2.45) is 0 Å². The summed E-state index contributed by atoms with van der Waals surface area (Å²) in [6.07, 6.45) is 0. The Bertz CT molecular complexity index is 441. The summed E-state index contributed by atoms with van der Waals surface area (Å²) in [6, 6.07) is 3.76. The number of pyridine rings is 1. The van der Waals surface area contributed by atoms with Crippen LogP contribution in [0.2, 0.25) is 0 Å². The molecule has 0 amide bonds. The first-order valence-corrected chi connectivity index (χ1v) is 5.23. The first-order valence-electron chi connectivity index (χ1n) is 4.41. The predicted octanol–water partition coefficient (Wildman–Crippen LogP) is 2.13. The maximum absolute atomic E-state index is 5.30. The quantitative estimate of drug-likeness (QED) is 0.841. The minimum Gasteiger partial charge on any atom is -0.478 e. The van der Waals surface area contributed by atoms with Crippen molar-refractivity contribution >= 4 is 26.8 Å². The van der Waals surface area contributed by atoms with Gasteiger partial charge in [-0.3, -0.25) is 0 Å². The van der Waals surface area contributed by atoms with E-state index in [0.717, 1.165) is 15.5 Å². The van der Waals surface area contributed by atoms with E-state index >= 15 is 0 Å². The van der Waals surface area contributed by atoms with Gasteiger partial charge in [-0.25, -0.2) is 9.97 Å². The van der Waals surface area contributed by atoms with Gasteiger partial charge in [0.05, 0.1) is 6.61 Å². The molecule has 0 unspecified atom stereocenters. The Balaban J connectivity index is 2.43. The SMILES string of the molecule is CCOc1ccc2nc(NC)sc2n1. The van der Waals surface area contributed by atoms with Crippen LogP contribution in [-0.4, -0.2) is 23.6 Å². The van der Waals surface area contributed by atoms with E-state index in [2.05, 4.69) is 15.3 Å². The number of thiazole rings is 1. The third-order valence-electron chi connectivity index (χ3n) is 1.74. The van der Waals surface area contributed by atoms with Gasteiger partial charge in [0.1, 0.15) is 10.3 Å². The van der Waals surface area contributed by atoms with Gasteiger partial charge in [0, 0.05) is 13.1 Å². The molecular formula is C9H11N3OS. The van der Waals surface area contributed by atoms with Crippen LogP contribution in [0.3, 0.4) is 0 Å². The van der Waals surface area contributed by atoms with Gasteiger partial charge in [-0.1, -0.05) is 11.3 Å². The molecule has 2 aromatic heterocycles. The van der Waals surface area contributed by atoms with Crippen LogP contribution in [-0.2, 0) is 0 Å². The van der Waals surface area contributed by atoms with Gasteiger partial charge in [0.15, 0.2) is 5.13 Å². The number of ether oxygens (including phenoxy) is 1. The van der Waals surface area contributed by atoms with Crippen molar-refractivity contribution in [3.63, 3.8) is 0 Å². The van der Waals surface area contributed by atoms with Gasteiger partial charge < -0.3 is 10.1 Å². The lowest BCUT2D eigenvalue weighted by Gasteiger charge is -1.99. The van der Waals surface area contributed by atoms with Crippen LogP contribution in [0.1, 0.15) is 6.92 Å². The largest absolute Gasteiger partial charge is 0.478 e. The predicted molar refractivity (Wildman–Crippen MR) is 58.1 cm³/mol. The highest BCUT2D eigenvalue weighted by Gasteiger charge is 2.04. The molecule has 0 radical (unpaired) electrons. The zero-order chi connectivity index (χ0) is 9.97. The highest BCUT2D eigenvalue weighted by atomic mass is 32.1. The second kappa shape index (κ2) is 3.79. The highest BCUT2D eigenvalue weighted by molar-refractivity contribution is 7.21. The molecule has 5 heteroatoms. The third kappa shape index (κ3) is 1.63. The number of hydrogen-bond donors (Lipinski definition) is 1. The second-order valence-corrected chi connectivity index (χ2v) is 3.65. The Kier molecular flexibility index (Phi) is 2.49. The molecule has 74 valence electrons. The van der Waals surface area contributed by atoms with Crippen molar-refractivity contribution in [2.75, 3.05) is 19.0 Å². The number of aromatic nitrogens is 2. The molecule has 14 heavy (non-hydrogen) atoms. The fourth-order valence-electron chi connectivity index (χ4n) is 1.14. The Morgan fingerprint density at radius 1 is 1.43 bits per heavy atom. The molecule has 1 N–H and O–H groups in total. The summed E-state index contributed by atoms with van der Waals surface area (Å²) in [7, 11) is 1.85. The number of nitrogens with zero attached hydrogens (tertiary/aromatic N) is 2. The smallest absolute Gasteiger partial charge is 0.214 e. The first-order chi connectivity index (χ1) is 6.83. The number of nitrogens with one attached hydrogen (secondary N) is 1. The molecule has 0 aliphatic carbocycles. The fourth-order valence-corrected chi connectivity index (χ4v) is 1.92. The summed E-state index contributed by atoms with van der Waals surface area (Å²) < 4.78 is 5.30. The van der Waals surface area contributed by atoms with Crippen molar-refractivity contribution < 1.29 is 4.74 Å². The molecule has 0 aromatic carbocycles. The molecule has 0 atom stereocenters. The average Bonchev–Trinajstić information content (AvgIpc) is 2.60. The van der Waals surface area contributed by atoms with E-state index in [4.69, 9.17) is 4.74 Å². The Morgan fingerprint density at radius 2 is 2.29 bits per heavy atom. The molecule has 0 spiro atoms. The summed E-state index contributed by atoms with van der Waals surface area (Å²) in [5.74, 6) is 0.659. The van der Waals surface area contributed by atoms with Crippen LogP contribution < -0.4 is 10.1 Å². The van der Waals surface area contributed by atoms with Crippen LogP contribution in [0.15, 0.2) is 12.1 Å². The molecule has 0 saturated heterocycles. The summed E-state index contributed by atoms with van der Waals surface area (Å²) in [6.45, 7) is 2.58. The molecule has 0 aliphatic heterocycles. The number of rotatable bonds is 3. The van der Waals surface area contributed by atoms with Crippen LogP contribution in [0.25, 0.3) is 10.3 Å². The van der Waals surface area contributed by atoms with Gasteiger partial charge in [0.25, 0.3) is 0 Å². The van der Waals surface area contributed by atoms with E-state index in [1.165, 1.54) is 11.3 Å². The lowest BCUT2D eigenvalue weighted by Crippen LogP contribution is -1.93. The van der Waals surface area contributed by atoms with Crippen LogP contribution in [0.5, 0.6) is 5.88 Å². The van der Waals surface area contributed by atoms with Crippen molar-refractivity contribution in [3.05, 3.63) is 12.1 Å². The van der Waals surface area contributed by atoms with Gasteiger partial charge in [-0.15, -0.1) is 0 Å². The van der Waals surface area contributed by atoms with Crippen LogP contribution in [0.4, 0.5) is 5.13 Å². The monoisotopic (exact) mass is 209 g/mol. The molecule has 2 heterocycles. The van der Waals surface area contributed by atoms with Gasteiger partial charge >= 0.3 is 0 Å². The summed E-state index contributed by atoms with van der Waals surface area (Å²) >= 11 is 1.52. The zero-order valence-electron chi connectivity index (χ0n) is 8.07. The van der Waals surface area contributed by atoms with Crippen LogP contribution in [0, 0.1) is 0 Å². The van der Waals surface area contributed by atoms with E-state index in [1.54, 1.807) is 0 Å². The summed E-state index contributed by atoms with van der Waals surface area (Å²) in [5.41, 5.74) is 0.905. The van der Waals surface area contributed by atoms with E-state index in [-0.39, 0.29) is 0 Å². The van der Waals surface area contributed by atoms with Crippen LogP contribution >= 0.6 is 11.3 Å². The topological polar surface area (TPSA) is 47.0 Å². The van der Waals surface area contributed by atoms with E-state index in [0.29, 0.717) is 12.5 Å². The lowest BCUT2D eigenvalue weighted by molar-refractivity contribution is 0.328. The molecule has 0 fully saturated rings. The fraction of sp³-hybridized carbons (Fsp3) is 0.333. The van der Waals surface area contributed by atoms with E-state index in [1.807, 2.05) is 26.1 Å². The Morgan fingerprint density at radius 3 is 3.00 bits per heavy atom. The molecule has 0 bridgehead atoms. The Labute approximate surface area is 86.0 Å². The summed E-state index contributed by atoms with van der Waals surface area (Å²) in [4.78, 5) is 9.55. The standard InChI is InChI=1S/C9H11N3OS/c1-3-13-7-5-4-6-8(12-7)14-9(10-2)11-6/h4-5H,3H2,1-2H3,(H,10,11). The van der Waals surface area contributed by atoms with Gasteiger partial charge in [-0.2, -0.15) is 0 Å². The van der Waals surface area contributed by atoms with Crippen molar-refractivity contribution in [3.8, 4) is 5.88 Å².